The number of aliphatic carboxylic acids is 2. The number of carboxylic acid groups (broad SMARTS) is 2. The van der Waals surface area contributed by atoms with Crippen LogP contribution in [0.25, 0.3) is 0 Å². The van der Waals surface area contributed by atoms with Crippen LogP contribution in [-0.2, 0) is 21.4 Å². The number of amides is 2. The summed E-state index contributed by atoms with van der Waals surface area (Å²) in [7, 11) is 1.78. The largest absolute Gasteiger partial charge is 0.481 e. The van der Waals surface area contributed by atoms with E-state index in [-0.39, 0.29) is 41.8 Å². The zero-order valence-electron chi connectivity index (χ0n) is 21.4. The number of hydrogen-bond acceptors (Lipinski definition) is 7. The summed E-state index contributed by atoms with van der Waals surface area (Å²) in [5.41, 5.74) is 7.57. The predicted molar refractivity (Wildman–Crippen MR) is 133 cm³/mol. The second-order valence-electron chi connectivity index (χ2n) is 8.96. The maximum Gasteiger partial charge on any atom is 0.300 e. The minimum Gasteiger partial charge on any atom is -0.481 e. The molecule has 0 spiro atoms. The van der Waals surface area contributed by atoms with Crippen molar-refractivity contribution in [1.29, 1.82) is 0 Å². The van der Waals surface area contributed by atoms with Gasteiger partial charge in [0.05, 0.1) is 24.6 Å². The summed E-state index contributed by atoms with van der Waals surface area (Å²) >= 11 is 0. The van der Waals surface area contributed by atoms with Gasteiger partial charge < -0.3 is 35.3 Å². The number of fused-ring (bicyclic) bond motifs is 4. The number of likely N-dealkylation sites (tertiary alicyclic amines) is 1. The second-order valence-corrected chi connectivity index (χ2v) is 8.96. The zero-order valence-corrected chi connectivity index (χ0v) is 21.4. The number of nitrogens with zero attached hydrogens (tertiary/aromatic N) is 4. The number of aryl methyl sites for hydroxylation is 2. The van der Waals surface area contributed by atoms with Crippen LogP contribution in [0.2, 0.25) is 0 Å². The highest BCUT2D eigenvalue weighted by molar-refractivity contribution is 5.93. The lowest BCUT2D eigenvalue weighted by Crippen LogP contribution is -2.54. The first-order chi connectivity index (χ1) is 17.4. The van der Waals surface area contributed by atoms with Gasteiger partial charge in [0.1, 0.15) is 5.69 Å². The van der Waals surface area contributed by atoms with Gasteiger partial charge in [-0.25, -0.2) is 4.98 Å². The number of nitrogens with one attached hydrogen (secondary N) is 1. The molecule has 0 unspecified atom stereocenters. The average molecular weight is 519 g/mol. The van der Waals surface area contributed by atoms with E-state index in [0.29, 0.717) is 31.0 Å². The zero-order chi connectivity index (χ0) is 27.9. The SMILES string of the molecule is CC(=O)O.CC(=O)O.Cc1ncn(C)c1C(=O)NC[C@H]1[C@H]2C[C@H](CN(C(=O)CN)C2)c2cccc(=O)n21. The molecule has 37 heavy (non-hydrogen) atoms. The van der Waals surface area contributed by atoms with Crippen molar-refractivity contribution in [3.8, 4) is 0 Å². The van der Waals surface area contributed by atoms with Crippen LogP contribution in [0.1, 0.15) is 54.1 Å². The molecule has 202 valence electrons. The van der Waals surface area contributed by atoms with Crippen LogP contribution in [0, 0.1) is 12.8 Å². The predicted octanol–water partition coefficient (Wildman–Crippen LogP) is -0.0525. The van der Waals surface area contributed by atoms with Gasteiger partial charge in [0, 0.05) is 58.2 Å². The lowest BCUT2D eigenvalue weighted by Gasteiger charge is -2.47. The Morgan fingerprint density at radius 1 is 1.14 bits per heavy atom. The first kappa shape index (κ1) is 29.2. The van der Waals surface area contributed by atoms with Crippen LogP contribution in [0.15, 0.2) is 29.3 Å². The summed E-state index contributed by atoms with van der Waals surface area (Å²) in [6, 6.07) is 5.03. The Morgan fingerprint density at radius 2 is 1.76 bits per heavy atom. The van der Waals surface area contributed by atoms with E-state index in [1.54, 1.807) is 46.5 Å². The molecule has 2 aliphatic rings. The van der Waals surface area contributed by atoms with E-state index in [0.717, 1.165) is 26.0 Å². The van der Waals surface area contributed by atoms with Crippen LogP contribution >= 0.6 is 0 Å². The number of imidazole rings is 1. The fourth-order valence-electron chi connectivity index (χ4n) is 4.79. The topological polar surface area (TPSA) is 190 Å². The summed E-state index contributed by atoms with van der Waals surface area (Å²) in [5, 5.41) is 17.8. The summed E-state index contributed by atoms with van der Waals surface area (Å²) in [5.74, 6) is -1.80. The van der Waals surface area contributed by atoms with Crippen molar-refractivity contribution in [1.82, 2.24) is 24.3 Å². The molecular weight excluding hydrogens is 484 g/mol. The van der Waals surface area contributed by atoms with Gasteiger partial charge in [-0.1, -0.05) is 6.07 Å². The van der Waals surface area contributed by atoms with Crippen molar-refractivity contribution >= 4 is 23.8 Å². The summed E-state index contributed by atoms with van der Waals surface area (Å²) in [4.78, 5) is 61.6. The fourth-order valence-corrected chi connectivity index (χ4v) is 4.79. The van der Waals surface area contributed by atoms with Gasteiger partial charge in [-0.3, -0.25) is 24.0 Å². The second kappa shape index (κ2) is 12.8. The molecule has 0 aliphatic carbocycles. The van der Waals surface area contributed by atoms with Gasteiger partial charge in [0.25, 0.3) is 23.4 Å². The molecule has 13 heteroatoms. The van der Waals surface area contributed by atoms with E-state index in [2.05, 4.69) is 10.3 Å². The number of carbonyl (C=O) groups is 4. The Kier molecular flexibility index (Phi) is 10.1. The standard InChI is InChI=1S/C20H26N6O3.2C2H4O2/c1-12-19(24(2)11-23-12)20(29)22-8-16-14-6-13(9-25(10-14)18(28)7-21)15-4-3-5-17(27)26(15)16;2*1-2(3)4/h3-5,11,13-14,16H,6-10,21H2,1-2H3,(H,22,29);2*1H3,(H,3,4)/t13-,14+,16+;;/m1../s1. The molecule has 0 saturated carbocycles. The van der Waals surface area contributed by atoms with E-state index in [1.165, 1.54) is 0 Å². The van der Waals surface area contributed by atoms with Gasteiger partial charge >= 0.3 is 0 Å². The maximum absolute atomic E-state index is 12.7. The molecule has 5 N–H and O–H groups in total. The Labute approximate surface area is 213 Å². The summed E-state index contributed by atoms with van der Waals surface area (Å²) < 4.78 is 3.49. The average Bonchev–Trinajstić information content (AvgIpc) is 3.15. The monoisotopic (exact) mass is 518 g/mol. The molecule has 2 amide bonds. The lowest BCUT2D eigenvalue weighted by atomic mass is 9.78. The molecule has 0 aromatic carbocycles. The van der Waals surface area contributed by atoms with E-state index in [9.17, 15) is 14.4 Å². The molecule has 2 aromatic heterocycles. The first-order valence-corrected chi connectivity index (χ1v) is 11.7. The van der Waals surface area contributed by atoms with Gasteiger partial charge in [0.2, 0.25) is 5.91 Å². The maximum atomic E-state index is 12.7. The van der Waals surface area contributed by atoms with Crippen LogP contribution in [0.4, 0.5) is 0 Å². The number of hydrogen-bond donors (Lipinski definition) is 4. The third-order valence-electron chi connectivity index (χ3n) is 6.13. The van der Waals surface area contributed by atoms with Gasteiger partial charge in [-0.15, -0.1) is 0 Å². The number of aromatic nitrogens is 3. The van der Waals surface area contributed by atoms with E-state index < -0.39 is 11.9 Å². The number of piperidine rings is 1. The highest BCUT2D eigenvalue weighted by Crippen LogP contribution is 2.40. The molecule has 13 nitrogen and oxygen atoms in total. The Bertz CT molecular complexity index is 1160. The quantitative estimate of drug-likeness (QED) is 0.430. The number of carbonyl (C=O) groups excluding carboxylic acids is 2. The molecular formula is C24H34N6O7. The molecule has 4 rings (SSSR count). The fraction of sp³-hybridized carbons (Fsp3) is 0.500. The van der Waals surface area contributed by atoms with Crippen molar-refractivity contribution in [2.45, 2.75) is 39.2 Å². The number of pyridine rings is 1. The molecule has 2 bridgehead atoms. The van der Waals surface area contributed by atoms with Crippen LogP contribution in [-0.4, -0.2) is 79.2 Å². The Hall–Kier alpha value is -4.00. The van der Waals surface area contributed by atoms with Crippen LogP contribution in [0.3, 0.4) is 0 Å². The smallest absolute Gasteiger partial charge is 0.300 e. The number of carboxylic acids is 2. The highest BCUT2D eigenvalue weighted by atomic mass is 16.4. The van der Waals surface area contributed by atoms with Crippen molar-refractivity contribution in [2.24, 2.45) is 18.7 Å². The molecule has 3 atom stereocenters. The number of rotatable bonds is 4. The van der Waals surface area contributed by atoms with E-state index in [1.807, 2.05) is 6.07 Å². The summed E-state index contributed by atoms with van der Waals surface area (Å²) in [6.45, 7) is 5.35. The molecule has 0 radical (unpaired) electrons. The lowest BCUT2D eigenvalue weighted by molar-refractivity contribution is -0.135. The highest BCUT2D eigenvalue weighted by Gasteiger charge is 2.41. The van der Waals surface area contributed by atoms with E-state index in [4.69, 9.17) is 25.5 Å². The Morgan fingerprint density at radius 3 is 2.30 bits per heavy atom. The molecule has 2 aliphatic heterocycles. The van der Waals surface area contributed by atoms with Gasteiger partial charge in [0.15, 0.2) is 0 Å². The van der Waals surface area contributed by atoms with Crippen molar-refractivity contribution in [3.63, 3.8) is 0 Å². The number of nitrogens with two attached hydrogens (primary N) is 1. The summed E-state index contributed by atoms with van der Waals surface area (Å²) in [6.07, 6.45) is 2.48. The molecule has 1 fully saturated rings. The van der Waals surface area contributed by atoms with Crippen molar-refractivity contribution < 1.29 is 29.4 Å². The third kappa shape index (κ3) is 7.49. The normalized spacial score (nSPS) is 19.3. The third-order valence-corrected chi connectivity index (χ3v) is 6.13. The first-order valence-electron chi connectivity index (χ1n) is 11.7. The van der Waals surface area contributed by atoms with Crippen LogP contribution < -0.4 is 16.6 Å². The van der Waals surface area contributed by atoms with Gasteiger partial charge in [-0.2, -0.15) is 0 Å². The van der Waals surface area contributed by atoms with Crippen LogP contribution in [0.5, 0.6) is 0 Å². The molecule has 1 saturated heterocycles. The molecule has 2 aromatic rings. The van der Waals surface area contributed by atoms with Gasteiger partial charge in [-0.05, 0) is 25.3 Å². The minimum absolute atomic E-state index is 0.0256. The Balaban J connectivity index is 0.000000530. The molecule has 4 heterocycles. The van der Waals surface area contributed by atoms with E-state index >= 15 is 0 Å². The van der Waals surface area contributed by atoms with Crippen molar-refractivity contribution in [3.05, 3.63) is 52.0 Å². The van der Waals surface area contributed by atoms with Crippen molar-refractivity contribution in [2.75, 3.05) is 26.2 Å². The minimum atomic E-state index is -0.833.